The van der Waals surface area contributed by atoms with E-state index >= 15 is 0 Å². The minimum atomic E-state index is 0. The highest BCUT2D eigenvalue weighted by atomic mass is 35.5. The van der Waals surface area contributed by atoms with E-state index in [9.17, 15) is 0 Å². The summed E-state index contributed by atoms with van der Waals surface area (Å²) in [6, 6.07) is 9.16. The minimum Gasteiger partial charge on any atom is -0.340 e. The first-order valence-electron chi connectivity index (χ1n) is 6.94. The van der Waals surface area contributed by atoms with E-state index in [4.69, 9.17) is 4.98 Å². The Balaban J connectivity index is 0.000000807. The van der Waals surface area contributed by atoms with Crippen LogP contribution in [0.1, 0.15) is 6.04 Å². The van der Waals surface area contributed by atoms with Crippen LogP contribution in [0.15, 0.2) is 24.3 Å². The quantitative estimate of drug-likeness (QED) is 0.905. The van der Waals surface area contributed by atoms with E-state index in [1.807, 2.05) is 11.8 Å². The van der Waals surface area contributed by atoms with E-state index in [-0.39, 0.29) is 24.8 Å². The monoisotopic (exact) mass is 346 g/mol. The molecule has 2 aliphatic heterocycles. The van der Waals surface area contributed by atoms with Gasteiger partial charge in [0.1, 0.15) is 0 Å². The van der Waals surface area contributed by atoms with E-state index < -0.39 is 0 Å². The van der Waals surface area contributed by atoms with Crippen molar-refractivity contribution in [3.63, 3.8) is 0 Å². The molecule has 0 radical (unpaired) electrons. The zero-order valence-corrected chi connectivity index (χ0v) is 14.1. The number of hydrogen-bond donors (Lipinski definition) is 1. The Morgan fingerprint density at radius 3 is 2.48 bits per heavy atom. The highest BCUT2D eigenvalue weighted by molar-refractivity contribution is 8.00. The van der Waals surface area contributed by atoms with Gasteiger partial charge in [-0.1, -0.05) is 12.1 Å². The van der Waals surface area contributed by atoms with Gasteiger partial charge in [-0.2, -0.15) is 11.8 Å². The second-order valence-corrected chi connectivity index (χ2v) is 6.27. The molecule has 4 nitrogen and oxygen atoms in total. The lowest BCUT2D eigenvalue weighted by Gasteiger charge is -2.34. The van der Waals surface area contributed by atoms with Crippen molar-refractivity contribution in [1.29, 1.82) is 0 Å². The zero-order valence-electron chi connectivity index (χ0n) is 11.7. The molecule has 21 heavy (non-hydrogen) atoms. The maximum Gasteiger partial charge on any atom is 0.206 e. The van der Waals surface area contributed by atoms with Crippen LogP contribution in [0.3, 0.4) is 0 Å². The molecule has 2 fully saturated rings. The Hall–Kier alpha value is -0.620. The van der Waals surface area contributed by atoms with Gasteiger partial charge in [-0.15, -0.1) is 24.8 Å². The van der Waals surface area contributed by atoms with Crippen LogP contribution < -0.4 is 10.2 Å². The number of piperazine rings is 1. The topological polar surface area (TPSA) is 33.1 Å². The van der Waals surface area contributed by atoms with E-state index in [1.165, 1.54) is 23.0 Å². The van der Waals surface area contributed by atoms with Gasteiger partial charge in [0.15, 0.2) is 0 Å². The number of fused-ring (bicyclic) bond motifs is 1. The van der Waals surface area contributed by atoms with Gasteiger partial charge < -0.3 is 14.8 Å². The predicted molar refractivity (Wildman–Crippen MR) is 95.7 cm³/mol. The second kappa shape index (κ2) is 7.09. The van der Waals surface area contributed by atoms with Gasteiger partial charge in [0, 0.05) is 37.7 Å². The van der Waals surface area contributed by atoms with Gasteiger partial charge in [0.05, 0.1) is 17.1 Å². The fourth-order valence-corrected chi connectivity index (χ4v) is 3.60. The third-order valence-corrected chi connectivity index (χ3v) is 5.20. The molecule has 0 amide bonds. The Bertz CT molecular complexity index is 594. The van der Waals surface area contributed by atoms with Gasteiger partial charge in [0.2, 0.25) is 5.95 Å². The van der Waals surface area contributed by atoms with Gasteiger partial charge >= 0.3 is 0 Å². The fraction of sp³-hybridized carbons (Fsp3) is 0.500. The normalized spacial score (nSPS) is 18.8. The van der Waals surface area contributed by atoms with Crippen LogP contribution in [0.2, 0.25) is 0 Å². The molecule has 4 rings (SSSR count). The lowest BCUT2D eigenvalue weighted by molar-refractivity contribution is 0.546. The Morgan fingerprint density at radius 2 is 1.81 bits per heavy atom. The molecule has 0 bridgehead atoms. The van der Waals surface area contributed by atoms with Crippen LogP contribution in [0.5, 0.6) is 0 Å². The molecule has 2 aromatic rings. The third kappa shape index (κ3) is 2.97. The standard InChI is InChI=1S/C14H18N4S.2ClH/c1-2-4-13-12(3-1)16-14(17-7-5-15-6-8-17)18(13)11-9-19-10-11;;/h1-4,11,15H,5-10H2;2*1H. The van der Waals surface area contributed by atoms with Gasteiger partial charge in [-0.3, -0.25) is 0 Å². The van der Waals surface area contributed by atoms with Gasteiger partial charge in [-0.05, 0) is 12.1 Å². The number of benzene rings is 1. The van der Waals surface area contributed by atoms with Crippen molar-refractivity contribution in [2.45, 2.75) is 6.04 Å². The number of rotatable bonds is 2. The molecule has 2 saturated heterocycles. The van der Waals surface area contributed by atoms with Crippen molar-refractivity contribution >= 4 is 53.6 Å². The number of hydrogen-bond acceptors (Lipinski definition) is 4. The van der Waals surface area contributed by atoms with Crippen LogP contribution in [-0.4, -0.2) is 47.2 Å². The number of para-hydroxylation sites is 2. The van der Waals surface area contributed by atoms with Crippen molar-refractivity contribution < 1.29 is 0 Å². The van der Waals surface area contributed by atoms with Crippen molar-refractivity contribution in [3.05, 3.63) is 24.3 Å². The molecule has 7 heteroatoms. The lowest BCUT2D eigenvalue weighted by atomic mass is 10.3. The maximum atomic E-state index is 4.89. The molecule has 1 aromatic heterocycles. The summed E-state index contributed by atoms with van der Waals surface area (Å²) in [4.78, 5) is 7.32. The second-order valence-electron chi connectivity index (χ2n) is 5.20. The first kappa shape index (κ1) is 16.7. The SMILES string of the molecule is Cl.Cl.c1ccc2c(c1)nc(N1CCNCC1)n2C1CSC1. The van der Waals surface area contributed by atoms with E-state index in [2.05, 4.69) is 39.0 Å². The lowest BCUT2D eigenvalue weighted by Crippen LogP contribution is -2.45. The summed E-state index contributed by atoms with van der Waals surface area (Å²) in [5, 5.41) is 3.41. The molecule has 0 atom stereocenters. The highest BCUT2D eigenvalue weighted by Gasteiger charge is 2.27. The molecule has 2 aliphatic rings. The first-order chi connectivity index (χ1) is 9.43. The van der Waals surface area contributed by atoms with E-state index in [0.29, 0.717) is 6.04 Å². The number of imidazole rings is 1. The molecule has 0 aliphatic carbocycles. The zero-order chi connectivity index (χ0) is 12.7. The van der Waals surface area contributed by atoms with Crippen molar-refractivity contribution in [2.24, 2.45) is 0 Å². The Labute approximate surface area is 141 Å². The number of thioether (sulfide) groups is 1. The predicted octanol–water partition coefficient (Wildman–Crippen LogP) is 2.58. The molecule has 116 valence electrons. The van der Waals surface area contributed by atoms with Gasteiger partial charge in [-0.25, -0.2) is 4.98 Å². The van der Waals surface area contributed by atoms with Gasteiger partial charge in [0.25, 0.3) is 0 Å². The Kier molecular flexibility index (Phi) is 5.66. The summed E-state index contributed by atoms with van der Waals surface area (Å²) >= 11 is 2.03. The number of anilines is 1. The highest BCUT2D eigenvalue weighted by Crippen LogP contribution is 2.36. The first-order valence-corrected chi connectivity index (χ1v) is 8.09. The smallest absolute Gasteiger partial charge is 0.206 e. The molecular formula is C14H20Cl2N4S. The van der Waals surface area contributed by atoms with Crippen LogP contribution >= 0.6 is 36.6 Å². The fourth-order valence-electron chi connectivity index (χ4n) is 2.85. The van der Waals surface area contributed by atoms with Crippen molar-refractivity contribution in [2.75, 3.05) is 42.6 Å². The van der Waals surface area contributed by atoms with E-state index in [1.54, 1.807) is 0 Å². The Morgan fingerprint density at radius 1 is 1.10 bits per heavy atom. The molecular weight excluding hydrogens is 327 g/mol. The van der Waals surface area contributed by atoms with Crippen LogP contribution in [-0.2, 0) is 0 Å². The number of aromatic nitrogens is 2. The molecule has 1 N–H and O–H groups in total. The molecule has 1 aromatic carbocycles. The molecule has 3 heterocycles. The molecule has 0 saturated carbocycles. The summed E-state index contributed by atoms with van der Waals surface area (Å²) in [6.07, 6.45) is 0. The van der Waals surface area contributed by atoms with Crippen molar-refractivity contribution in [3.8, 4) is 0 Å². The summed E-state index contributed by atoms with van der Waals surface area (Å²) in [6.45, 7) is 4.23. The summed E-state index contributed by atoms with van der Waals surface area (Å²) in [5.74, 6) is 3.62. The van der Waals surface area contributed by atoms with Crippen LogP contribution in [0.25, 0.3) is 11.0 Å². The summed E-state index contributed by atoms with van der Waals surface area (Å²) in [5.41, 5.74) is 2.43. The van der Waals surface area contributed by atoms with Crippen LogP contribution in [0.4, 0.5) is 5.95 Å². The van der Waals surface area contributed by atoms with E-state index in [0.717, 1.165) is 31.7 Å². The maximum absolute atomic E-state index is 4.89. The number of nitrogens with zero attached hydrogens (tertiary/aromatic N) is 3. The number of nitrogens with one attached hydrogen (secondary N) is 1. The molecule has 0 unspecified atom stereocenters. The third-order valence-electron chi connectivity index (χ3n) is 3.96. The summed E-state index contributed by atoms with van der Waals surface area (Å²) in [7, 11) is 0. The minimum absolute atomic E-state index is 0. The number of halogens is 2. The van der Waals surface area contributed by atoms with Crippen molar-refractivity contribution in [1.82, 2.24) is 14.9 Å². The van der Waals surface area contributed by atoms with Crippen LogP contribution in [0, 0.1) is 0 Å². The summed E-state index contributed by atoms with van der Waals surface area (Å²) < 4.78 is 2.47. The largest absolute Gasteiger partial charge is 0.340 e. The average Bonchev–Trinajstić information content (AvgIpc) is 2.78. The average molecular weight is 347 g/mol. The molecule has 0 spiro atoms.